The van der Waals surface area contributed by atoms with Gasteiger partial charge in [-0.2, -0.15) is 0 Å². The molecule has 0 aliphatic heterocycles. The van der Waals surface area contributed by atoms with Crippen LogP contribution in [-0.2, 0) is 4.79 Å². The summed E-state index contributed by atoms with van der Waals surface area (Å²) in [6.07, 6.45) is 1.24. The zero-order chi connectivity index (χ0) is 10.6. The molecule has 1 atom stereocenters. The van der Waals surface area contributed by atoms with Crippen LogP contribution < -0.4 is 5.73 Å². The van der Waals surface area contributed by atoms with Crippen molar-refractivity contribution in [1.82, 2.24) is 4.98 Å². The van der Waals surface area contributed by atoms with Crippen molar-refractivity contribution < 1.29 is 14.7 Å². The van der Waals surface area contributed by atoms with E-state index in [1.807, 2.05) is 0 Å². The molecule has 14 heavy (non-hydrogen) atoms. The van der Waals surface area contributed by atoms with Crippen LogP contribution >= 0.6 is 0 Å². The number of carbonyl (C=O) groups is 2. The number of nitrogens with zero attached hydrogens (tertiary/aromatic N) is 1. The van der Waals surface area contributed by atoms with Crippen LogP contribution in [0, 0.1) is 0 Å². The second kappa shape index (κ2) is 4.48. The van der Waals surface area contributed by atoms with E-state index in [1.54, 1.807) is 12.1 Å². The molecule has 3 N–H and O–H groups in total. The number of Topliss-reactive ketones (excluding diaryl/α,β-unsaturated/α-hetero) is 1. The number of nitrogens with two attached hydrogens (primary N) is 1. The molecule has 0 bridgehead atoms. The van der Waals surface area contributed by atoms with Crippen LogP contribution in [0.3, 0.4) is 0 Å². The molecule has 0 unspecified atom stereocenters. The topological polar surface area (TPSA) is 93.3 Å². The smallest absolute Gasteiger partial charge is 0.320 e. The molecular formula is C9H10N2O3. The molecule has 5 heteroatoms. The maximum atomic E-state index is 11.4. The van der Waals surface area contributed by atoms with Crippen LogP contribution in [-0.4, -0.2) is 27.9 Å². The Labute approximate surface area is 80.6 Å². The lowest BCUT2D eigenvalue weighted by molar-refractivity contribution is -0.138. The number of carboxylic acid groups (broad SMARTS) is 1. The minimum absolute atomic E-state index is 0.230. The average molecular weight is 194 g/mol. The van der Waals surface area contributed by atoms with Gasteiger partial charge < -0.3 is 10.8 Å². The summed E-state index contributed by atoms with van der Waals surface area (Å²) >= 11 is 0. The third-order valence-corrected chi connectivity index (χ3v) is 1.67. The van der Waals surface area contributed by atoms with Gasteiger partial charge in [-0.1, -0.05) is 6.07 Å². The van der Waals surface area contributed by atoms with Crippen molar-refractivity contribution >= 4 is 11.8 Å². The van der Waals surface area contributed by atoms with E-state index in [4.69, 9.17) is 10.8 Å². The molecule has 0 saturated carbocycles. The third kappa shape index (κ3) is 2.63. The van der Waals surface area contributed by atoms with Crippen molar-refractivity contribution in [1.29, 1.82) is 0 Å². The molecule has 1 heterocycles. The standard InChI is InChI=1S/C9H10N2O3/c10-6(9(13)14)5-8(12)7-3-1-2-4-11-7/h1-4,6H,5,10H2,(H,13,14)/t6-/m0/s1. The number of rotatable bonds is 4. The first kappa shape index (κ1) is 10.3. The van der Waals surface area contributed by atoms with E-state index in [2.05, 4.69) is 4.98 Å². The summed E-state index contributed by atoms with van der Waals surface area (Å²) < 4.78 is 0. The Bertz CT molecular complexity index is 337. The molecule has 0 aromatic carbocycles. The van der Waals surface area contributed by atoms with E-state index in [9.17, 15) is 9.59 Å². The molecular weight excluding hydrogens is 184 g/mol. The van der Waals surface area contributed by atoms with E-state index in [0.29, 0.717) is 0 Å². The van der Waals surface area contributed by atoms with Crippen molar-refractivity contribution in [3.05, 3.63) is 30.1 Å². The summed E-state index contributed by atoms with van der Waals surface area (Å²) in [6, 6.07) is 3.70. The second-order valence-corrected chi connectivity index (χ2v) is 2.79. The summed E-state index contributed by atoms with van der Waals surface area (Å²) in [5.41, 5.74) is 5.45. The van der Waals surface area contributed by atoms with Crippen LogP contribution in [0.4, 0.5) is 0 Å². The zero-order valence-electron chi connectivity index (χ0n) is 7.38. The van der Waals surface area contributed by atoms with Crippen molar-refractivity contribution in [2.24, 2.45) is 5.73 Å². The molecule has 1 aromatic heterocycles. The van der Waals surface area contributed by atoms with E-state index in [0.717, 1.165) is 0 Å². The minimum atomic E-state index is -1.19. The van der Waals surface area contributed by atoms with E-state index >= 15 is 0 Å². The van der Waals surface area contributed by atoms with Crippen molar-refractivity contribution in [2.45, 2.75) is 12.5 Å². The normalized spacial score (nSPS) is 12.1. The molecule has 0 spiro atoms. The molecule has 5 nitrogen and oxygen atoms in total. The Kier molecular flexibility index (Phi) is 3.30. The molecule has 0 saturated heterocycles. The lowest BCUT2D eigenvalue weighted by Gasteiger charge is -2.03. The van der Waals surface area contributed by atoms with Gasteiger partial charge in [0.25, 0.3) is 0 Å². The Morgan fingerprint density at radius 2 is 2.21 bits per heavy atom. The number of pyridine rings is 1. The van der Waals surface area contributed by atoms with Gasteiger partial charge in [-0.15, -0.1) is 0 Å². The summed E-state index contributed by atoms with van der Waals surface area (Å²) in [7, 11) is 0. The molecule has 0 radical (unpaired) electrons. The minimum Gasteiger partial charge on any atom is -0.480 e. The Morgan fingerprint density at radius 1 is 1.50 bits per heavy atom. The fourth-order valence-corrected chi connectivity index (χ4v) is 0.919. The molecule has 0 aliphatic rings. The molecule has 1 aromatic rings. The number of carboxylic acids is 1. The number of aliphatic carboxylic acids is 1. The van der Waals surface area contributed by atoms with Crippen LogP contribution in [0.15, 0.2) is 24.4 Å². The number of hydrogen-bond donors (Lipinski definition) is 2. The highest BCUT2D eigenvalue weighted by molar-refractivity contribution is 5.97. The van der Waals surface area contributed by atoms with Gasteiger partial charge in [-0.3, -0.25) is 14.6 Å². The van der Waals surface area contributed by atoms with E-state index in [-0.39, 0.29) is 17.9 Å². The highest BCUT2D eigenvalue weighted by atomic mass is 16.4. The molecule has 0 fully saturated rings. The highest BCUT2D eigenvalue weighted by Gasteiger charge is 2.17. The second-order valence-electron chi connectivity index (χ2n) is 2.79. The SMILES string of the molecule is N[C@@H](CC(=O)c1ccccn1)C(=O)O. The first-order chi connectivity index (χ1) is 6.61. The van der Waals surface area contributed by atoms with E-state index < -0.39 is 12.0 Å². The third-order valence-electron chi connectivity index (χ3n) is 1.67. The van der Waals surface area contributed by atoms with Gasteiger partial charge in [-0.25, -0.2) is 0 Å². The molecule has 1 rings (SSSR count). The monoisotopic (exact) mass is 194 g/mol. The predicted molar refractivity (Wildman–Crippen MR) is 48.8 cm³/mol. The van der Waals surface area contributed by atoms with Crippen LogP contribution in [0.1, 0.15) is 16.9 Å². The number of ketones is 1. The maximum Gasteiger partial charge on any atom is 0.320 e. The molecule has 0 aliphatic carbocycles. The van der Waals surface area contributed by atoms with Crippen LogP contribution in [0.2, 0.25) is 0 Å². The van der Waals surface area contributed by atoms with Crippen LogP contribution in [0.5, 0.6) is 0 Å². The summed E-state index contributed by atoms with van der Waals surface area (Å²) in [5.74, 6) is -1.55. The maximum absolute atomic E-state index is 11.4. The summed E-state index contributed by atoms with van der Waals surface area (Å²) in [5, 5.41) is 8.48. The Balaban J connectivity index is 2.64. The van der Waals surface area contributed by atoms with Crippen molar-refractivity contribution in [3.63, 3.8) is 0 Å². The van der Waals surface area contributed by atoms with Gasteiger partial charge in [0.05, 0.1) is 0 Å². The van der Waals surface area contributed by atoms with Gasteiger partial charge in [0.1, 0.15) is 11.7 Å². The largest absolute Gasteiger partial charge is 0.480 e. The summed E-state index contributed by atoms with van der Waals surface area (Å²) in [4.78, 5) is 25.5. The predicted octanol–water partition coefficient (Wildman–Crippen LogP) is 0.0663. The van der Waals surface area contributed by atoms with Crippen molar-refractivity contribution in [3.8, 4) is 0 Å². The van der Waals surface area contributed by atoms with Gasteiger partial charge in [-0.05, 0) is 12.1 Å². The Morgan fingerprint density at radius 3 is 2.71 bits per heavy atom. The van der Waals surface area contributed by atoms with Gasteiger partial charge in [0, 0.05) is 12.6 Å². The molecule has 0 amide bonds. The molecule has 74 valence electrons. The average Bonchev–Trinajstić information content (AvgIpc) is 2.19. The first-order valence-corrected chi connectivity index (χ1v) is 4.04. The summed E-state index contributed by atoms with van der Waals surface area (Å²) in [6.45, 7) is 0. The number of carbonyl (C=O) groups excluding carboxylic acids is 1. The number of aromatic nitrogens is 1. The highest BCUT2D eigenvalue weighted by Crippen LogP contribution is 2.01. The lowest BCUT2D eigenvalue weighted by atomic mass is 10.1. The number of hydrogen-bond acceptors (Lipinski definition) is 4. The lowest BCUT2D eigenvalue weighted by Crippen LogP contribution is -2.32. The van der Waals surface area contributed by atoms with Crippen molar-refractivity contribution in [2.75, 3.05) is 0 Å². The van der Waals surface area contributed by atoms with E-state index in [1.165, 1.54) is 12.3 Å². The quantitative estimate of drug-likeness (QED) is 0.661. The Hall–Kier alpha value is -1.75. The fraction of sp³-hybridized carbons (Fsp3) is 0.222. The zero-order valence-corrected chi connectivity index (χ0v) is 7.38. The van der Waals surface area contributed by atoms with Crippen LogP contribution in [0.25, 0.3) is 0 Å². The fourth-order valence-electron chi connectivity index (χ4n) is 0.919. The first-order valence-electron chi connectivity index (χ1n) is 4.04. The van der Waals surface area contributed by atoms with Gasteiger partial charge in [0.15, 0.2) is 5.78 Å². The van der Waals surface area contributed by atoms with Gasteiger partial charge >= 0.3 is 5.97 Å². The van der Waals surface area contributed by atoms with Gasteiger partial charge in [0.2, 0.25) is 0 Å².